The summed E-state index contributed by atoms with van der Waals surface area (Å²) in [6.07, 6.45) is 0. The van der Waals surface area contributed by atoms with Crippen LogP contribution in [0.5, 0.6) is 5.75 Å². The first-order valence-corrected chi connectivity index (χ1v) is 5.88. The second kappa shape index (κ2) is 6.03. The Bertz CT molecular complexity index is 361. The minimum atomic E-state index is -0.142. The molecule has 96 valence electrons. The third kappa shape index (κ3) is 4.36. The maximum absolute atomic E-state index is 5.36. The van der Waals surface area contributed by atoms with Gasteiger partial charge in [-0.25, -0.2) is 0 Å². The minimum absolute atomic E-state index is 0.142. The molecule has 0 spiro atoms. The molecule has 0 fully saturated rings. The summed E-state index contributed by atoms with van der Waals surface area (Å²) in [5.41, 5.74) is 2.28. The summed E-state index contributed by atoms with van der Waals surface area (Å²) in [7, 11) is 3.43. The van der Waals surface area contributed by atoms with Gasteiger partial charge in [-0.05, 0) is 26.8 Å². The molecule has 0 aromatic heterocycles. The topological polar surface area (TPSA) is 30.5 Å². The van der Waals surface area contributed by atoms with E-state index in [0.29, 0.717) is 0 Å². The van der Waals surface area contributed by atoms with E-state index in [1.807, 2.05) is 6.07 Å². The van der Waals surface area contributed by atoms with Crippen LogP contribution in [0.15, 0.2) is 18.2 Å². The lowest BCUT2D eigenvalue weighted by molar-refractivity contribution is 0.0230. The highest BCUT2D eigenvalue weighted by Gasteiger charge is 2.15. The summed E-state index contributed by atoms with van der Waals surface area (Å²) in [5.74, 6) is 0.929. The Balaban J connectivity index is 2.59. The van der Waals surface area contributed by atoms with Crippen LogP contribution in [0.3, 0.4) is 0 Å². The molecule has 0 unspecified atom stereocenters. The summed E-state index contributed by atoms with van der Waals surface area (Å²) in [4.78, 5) is 0. The van der Waals surface area contributed by atoms with Gasteiger partial charge in [0.2, 0.25) is 0 Å². The molecule has 0 aliphatic heterocycles. The van der Waals surface area contributed by atoms with Crippen molar-refractivity contribution in [3.63, 3.8) is 0 Å². The molecule has 0 heterocycles. The third-order valence-electron chi connectivity index (χ3n) is 2.85. The fourth-order valence-corrected chi connectivity index (χ4v) is 1.62. The average Bonchev–Trinajstić information content (AvgIpc) is 2.29. The highest BCUT2D eigenvalue weighted by atomic mass is 16.5. The van der Waals surface area contributed by atoms with Crippen molar-refractivity contribution in [3.05, 3.63) is 29.3 Å². The van der Waals surface area contributed by atoms with E-state index in [1.165, 1.54) is 11.1 Å². The lowest BCUT2D eigenvalue weighted by Gasteiger charge is -2.23. The monoisotopic (exact) mass is 237 g/mol. The van der Waals surface area contributed by atoms with E-state index in [4.69, 9.17) is 9.47 Å². The smallest absolute Gasteiger partial charge is 0.123 e. The van der Waals surface area contributed by atoms with Crippen molar-refractivity contribution in [2.45, 2.75) is 32.9 Å². The molecule has 1 rings (SSSR count). The number of hydrogen-bond acceptors (Lipinski definition) is 3. The van der Waals surface area contributed by atoms with E-state index >= 15 is 0 Å². The van der Waals surface area contributed by atoms with Gasteiger partial charge in [-0.15, -0.1) is 0 Å². The van der Waals surface area contributed by atoms with Gasteiger partial charge in [-0.1, -0.05) is 17.7 Å². The van der Waals surface area contributed by atoms with Crippen molar-refractivity contribution < 1.29 is 9.47 Å². The van der Waals surface area contributed by atoms with E-state index < -0.39 is 0 Å². The summed E-state index contributed by atoms with van der Waals surface area (Å²) in [6, 6.07) is 6.21. The van der Waals surface area contributed by atoms with Crippen LogP contribution in [-0.2, 0) is 11.3 Å². The van der Waals surface area contributed by atoms with Gasteiger partial charge in [0, 0.05) is 25.8 Å². The second-order valence-corrected chi connectivity index (χ2v) is 4.88. The molecule has 0 radical (unpaired) electrons. The van der Waals surface area contributed by atoms with Crippen LogP contribution in [0.25, 0.3) is 0 Å². The van der Waals surface area contributed by atoms with Crippen molar-refractivity contribution in [1.29, 1.82) is 0 Å². The van der Waals surface area contributed by atoms with Crippen LogP contribution in [0, 0.1) is 6.92 Å². The normalized spacial score (nSPS) is 11.6. The molecule has 0 amide bonds. The molecule has 0 bridgehead atoms. The Hall–Kier alpha value is -1.06. The zero-order chi connectivity index (χ0) is 12.9. The van der Waals surface area contributed by atoms with Crippen LogP contribution < -0.4 is 10.1 Å². The predicted octanol–water partition coefficient (Wildman–Crippen LogP) is 2.52. The number of nitrogens with one attached hydrogen (secondary N) is 1. The Kier molecular flexibility index (Phi) is 4.97. The first-order valence-electron chi connectivity index (χ1n) is 5.88. The minimum Gasteiger partial charge on any atom is -0.496 e. The zero-order valence-electron chi connectivity index (χ0n) is 11.5. The fraction of sp³-hybridized carbons (Fsp3) is 0.571. The number of methoxy groups -OCH3 is 2. The van der Waals surface area contributed by atoms with Gasteiger partial charge < -0.3 is 14.8 Å². The molecule has 0 atom stereocenters. The molecule has 1 aromatic rings. The fourth-order valence-electron chi connectivity index (χ4n) is 1.62. The first kappa shape index (κ1) is 14.0. The van der Waals surface area contributed by atoms with Crippen LogP contribution >= 0.6 is 0 Å². The Labute approximate surface area is 104 Å². The molecule has 1 N–H and O–H groups in total. The number of aryl methyl sites for hydroxylation is 1. The van der Waals surface area contributed by atoms with E-state index in [1.54, 1.807) is 14.2 Å². The van der Waals surface area contributed by atoms with Crippen molar-refractivity contribution in [2.75, 3.05) is 20.8 Å². The van der Waals surface area contributed by atoms with E-state index in [0.717, 1.165) is 18.8 Å². The first-order chi connectivity index (χ1) is 7.98. The van der Waals surface area contributed by atoms with Gasteiger partial charge >= 0.3 is 0 Å². The van der Waals surface area contributed by atoms with Crippen LogP contribution in [0.4, 0.5) is 0 Å². The van der Waals surface area contributed by atoms with Gasteiger partial charge in [0.05, 0.1) is 12.7 Å². The molecule has 0 aliphatic rings. The maximum Gasteiger partial charge on any atom is 0.123 e. The maximum atomic E-state index is 5.36. The summed E-state index contributed by atoms with van der Waals surface area (Å²) >= 11 is 0. The number of hydrogen-bond donors (Lipinski definition) is 1. The largest absolute Gasteiger partial charge is 0.496 e. The Morgan fingerprint density at radius 3 is 2.53 bits per heavy atom. The second-order valence-electron chi connectivity index (χ2n) is 4.88. The standard InChI is InChI=1S/C14H23NO2/c1-11-6-7-13(16-4)12(8-11)9-15-10-14(2,3)17-5/h6-8,15H,9-10H2,1-5H3. The van der Waals surface area contributed by atoms with Gasteiger partial charge in [0.15, 0.2) is 0 Å². The molecule has 3 heteroatoms. The molecule has 0 aliphatic carbocycles. The summed E-state index contributed by atoms with van der Waals surface area (Å²) < 4.78 is 10.7. The Morgan fingerprint density at radius 1 is 1.24 bits per heavy atom. The zero-order valence-corrected chi connectivity index (χ0v) is 11.5. The SMILES string of the molecule is COc1ccc(C)cc1CNCC(C)(C)OC. The molecule has 1 aromatic carbocycles. The highest BCUT2D eigenvalue weighted by molar-refractivity contribution is 5.36. The molecule has 3 nitrogen and oxygen atoms in total. The quantitative estimate of drug-likeness (QED) is 0.824. The molecule has 0 saturated heterocycles. The molecule has 17 heavy (non-hydrogen) atoms. The average molecular weight is 237 g/mol. The summed E-state index contributed by atoms with van der Waals surface area (Å²) in [6.45, 7) is 7.81. The highest BCUT2D eigenvalue weighted by Crippen LogP contribution is 2.19. The van der Waals surface area contributed by atoms with Gasteiger partial charge in [0.25, 0.3) is 0 Å². The van der Waals surface area contributed by atoms with Gasteiger partial charge in [-0.2, -0.15) is 0 Å². The predicted molar refractivity (Wildman–Crippen MR) is 70.5 cm³/mol. The molecular formula is C14H23NO2. The van der Waals surface area contributed by atoms with Crippen LogP contribution in [-0.4, -0.2) is 26.4 Å². The van der Waals surface area contributed by atoms with Crippen molar-refractivity contribution >= 4 is 0 Å². The number of rotatable bonds is 6. The van der Waals surface area contributed by atoms with Crippen molar-refractivity contribution in [3.8, 4) is 5.75 Å². The van der Waals surface area contributed by atoms with E-state index in [-0.39, 0.29) is 5.60 Å². The van der Waals surface area contributed by atoms with Gasteiger partial charge in [0.1, 0.15) is 5.75 Å². The van der Waals surface area contributed by atoms with E-state index in [2.05, 4.69) is 38.2 Å². The summed E-state index contributed by atoms with van der Waals surface area (Å²) in [5, 5.41) is 3.39. The molecule has 0 saturated carbocycles. The molecular weight excluding hydrogens is 214 g/mol. The van der Waals surface area contributed by atoms with Crippen LogP contribution in [0.2, 0.25) is 0 Å². The number of benzene rings is 1. The lowest BCUT2D eigenvalue weighted by Crippen LogP contribution is -2.36. The Morgan fingerprint density at radius 2 is 1.94 bits per heavy atom. The lowest BCUT2D eigenvalue weighted by atomic mass is 10.1. The third-order valence-corrected chi connectivity index (χ3v) is 2.85. The van der Waals surface area contributed by atoms with Crippen molar-refractivity contribution in [2.24, 2.45) is 0 Å². The van der Waals surface area contributed by atoms with Crippen LogP contribution in [0.1, 0.15) is 25.0 Å². The number of ether oxygens (including phenoxy) is 2. The van der Waals surface area contributed by atoms with Gasteiger partial charge in [-0.3, -0.25) is 0 Å². The van der Waals surface area contributed by atoms with Crippen molar-refractivity contribution in [1.82, 2.24) is 5.32 Å². The van der Waals surface area contributed by atoms with E-state index in [9.17, 15) is 0 Å².